The number of alkyl halides is 3. The first-order chi connectivity index (χ1) is 13.2. The molecule has 4 nitrogen and oxygen atoms in total. The maximum absolute atomic E-state index is 13.6. The molecule has 3 rings (SSSR count). The molecule has 0 N–H and O–H groups in total. The van der Waals surface area contributed by atoms with Gasteiger partial charge in [0.05, 0.1) is 0 Å². The Kier molecular flexibility index (Phi) is 5.60. The second kappa shape index (κ2) is 7.79. The smallest absolute Gasteiger partial charge is 0.329 e. The van der Waals surface area contributed by atoms with Gasteiger partial charge in [-0.1, -0.05) is 33.6 Å². The molecule has 0 aliphatic rings. The standard InChI is InChI=1S/C20H18BrF3N4/c1-13-4-8-15(9-5-13)27(2)18-17(20(22,23)24)12-25-19(26-18)28(3)16-10-6-14(21)7-11-16/h4-12H,1-3H3. The number of halogens is 4. The molecule has 0 aliphatic heterocycles. The summed E-state index contributed by atoms with van der Waals surface area (Å²) in [5, 5.41) is 0. The fraction of sp³-hybridized carbons (Fsp3) is 0.200. The van der Waals surface area contributed by atoms with Gasteiger partial charge >= 0.3 is 6.18 Å². The first-order valence-corrected chi connectivity index (χ1v) is 9.20. The summed E-state index contributed by atoms with van der Waals surface area (Å²) in [6.07, 6.45) is -3.74. The Balaban J connectivity index is 2.06. The highest BCUT2D eigenvalue weighted by Gasteiger charge is 2.37. The van der Waals surface area contributed by atoms with Gasteiger partial charge in [0.2, 0.25) is 5.95 Å². The molecule has 0 fully saturated rings. The van der Waals surface area contributed by atoms with Crippen molar-refractivity contribution in [2.45, 2.75) is 13.1 Å². The van der Waals surface area contributed by atoms with E-state index in [1.54, 1.807) is 31.1 Å². The zero-order valence-electron chi connectivity index (χ0n) is 15.5. The minimum absolute atomic E-state index is 0.171. The maximum atomic E-state index is 13.6. The van der Waals surface area contributed by atoms with Crippen molar-refractivity contribution in [2.75, 3.05) is 23.9 Å². The molecule has 2 aromatic carbocycles. The molecule has 0 aliphatic carbocycles. The minimum atomic E-state index is -4.57. The molecule has 0 bridgehead atoms. The fourth-order valence-corrected chi connectivity index (χ4v) is 2.92. The lowest BCUT2D eigenvalue weighted by Crippen LogP contribution is -2.21. The predicted octanol–water partition coefficient (Wildman–Crippen LogP) is 6.10. The van der Waals surface area contributed by atoms with Gasteiger partial charge in [-0.05, 0) is 43.3 Å². The third-order valence-corrected chi connectivity index (χ3v) is 4.84. The van der Waals surface area contributed by atoms with Crippen molar-refractivity contribution in [3.8, 4) is 0 Å². The van der Waals surface area contributed by atoms with Crippen LogP contribution < -0.4 is 9.80 Å². The van der Waals surface area contributed by atoms with Crippen LogP contribution in [-0.4, -0.2) is 24.1 Å². The van der Waals surface area contributed by atoms with Crippen LogP contribution in [-0.2, 0) is 6.18 Å². The van der Waals surface area contributed by atoms with Crippen LogP contribution in [0.1, 0.15) is 11.1 Å². The highest BCUT2D eigenvalue weighted by molar-refractivity contribution is 9.10. The normalized spacial score (nSPS) is 11.4. The Morgan fingerprint density at radius 2 is 1.39 bits per heavy atom. The van der Waals surface area contributed by atoms with Gasteiger partial charge in [0.1, 0.15) is 5.56 Å². The maximum Gasteiger partial charge on any atom is 0.421 e. The first kappa shape index (κ1) is 20.1. The van der Waals surface area contributed by atoms with Crippen LogP contribution in [0.2, 0.25) is 0 Å². The lowest BCUT2D eigenvalue weighted by Gasteiger charge is -2.25. The van der Waals surface area contributed by atoms with E-state index in [9.17, 15) is 13.2 Å². The van der Waals surface area contributed by atoms with Crippen LogP contribution in [0.15, 0.2) is 59.2 Å². The Morgan fingerprint density at radius 1 is 0.857 bits per heavy atom. The summed E-state index contributed by atoms with van der Waals surface area (Å²) >= 11 is 3.36. The van der Waals surface area contributed by atoms with E-state index in [4.69, 9.17) is 0 Å². The van der Waals surface area contributed by atoms with Crippen molar-refractivity contribution in [2.24, 2.45) is 0 Å². The van der Waals surface area contributed by atoms with Crippen molar-refractivity contribution in [3.63, 3.8) is 0 Å². The van der Waals surface area contributed by atoms with E-state index >= 15 is 0 Å². The topological polar surface area (TPSA) is 32.3 Å². The molecule has 3 aromatic rings. The Labute approximate surface area is 169 Å². The van der Waals surface area contributed by atoms with Crippen LogP contribution in [0.3, 0.4) is 0 Å². The summed E-state index contributed by atoms with van der Waals surface area (Å²) in [6.45, 7) is 1.92. The average Bonchev–Trinajstić information content (AvgIpc) is 2.67. The van der Waals surface area contributed by atoms with E-state index in [1.165, 1.54) is 4.90 Å². The number of nitrogens with zero attached hydrogens (tertiary/aromatic N) is 4. The summed E-state index contributed by atoms with van der Waals surface area (Å²) in [7, 11) is 3.27. The largest absolute Gasteiger partial charge is 0.421 e. The molecule has 0 saturated heterocycles. The predicted molar refractivity (Wildman–Crippen MR) is 108 cm³/mol. The molecule has 0 saturated carbocycles. The van der Waals surface area contributed by atoms with E-state index in [0.29, 0.717) is 5.69 Å². The number of anilines is 4. The molecule has 0 atom stereocenters. The molecule has 0 spiro atoms. The second-order valence-electron chi connectivity index (χ2n) is 6.34. The quantitative estimate of drug-likeness (QED) is 0.480. The van der Waals surface area contributed by atoms with Gasteiger partial charge in [-0.15, -0.1) is 0 Å². The van der Waals surface area contributed by atoms with Gasteiger partial charge in [-0.2, -0.15) is 18.2 Å². The van der Waals surface area contributed by atoms with E-state index in [-0.39, 0.29) is 11.8 Å². The number of hydrogen-bond donors (Lipinski definition) is 0. The third kappa shape index (κ3) is 4.27. The van der Waals surface area contributed by atoms with Crippen molar-refractivity contribution in [1.29, 1.82) is 0 Å². The lowest BCUT2D eigenvalue weighted by atomic mass is 10.2. The lowest BCUT2D eigenvalue weighted by molar-refractivity contribution is -0.137. The summed E-state index contributed by atoms with van der Waals surface area (Å²) in [5.74, 6) is -0.0328. The Bertz CT molecular complexity index is 957. The fourth-order valence-electron chi connectivity index (χ4n) is 2.65. The Hall–Kier alpha value is -2.61. The zero-order valence-corrected chi connectivity index (χ0v) is 17.1. The van der Waals surface area contributed by atoms with Crippen molar-refractivity contribution in [1.82, 2.24) is 9.97 Å². The monoisotopic (exact) mass is 450 g/mol. The second-order valence-corrected chi connectivity index (χ2v) is 7.25. The number of hydrogen-bond acceptors (Lipinski definition) is 4. The summed E-state index contributed by atoms with van der Waals surface area (Å²) < 4.78 is 41.6. The van der Waals surface area contributed by atoms with Crippen LogP contribution in [0.5, 0.6) is 0 Å². The first-order valence-electron chi connectivity index (χ1n) is 8.41. The molecule has 28 heavy (non-hydrogen) atoms. The molecular weight excluding hydrogens is 433 g/mol. The minimum Gasteiger partial charge on any atom is -0.329 e. The van der Waals surface area contributed by atoms with Crippen LogP contribution in [0.25, 0.3) is 0 Å². The molecule has 0 radical (unpaired) electrons. The average molecular weight is 451 g/mol. The zero-order chi connectivity index (χ0) is 20.5. The summed E-state index contributed by atoms with van der Waals surface area (Å²) in [6, 6.07) is 14.5. The number of rotatable bonds is 4. The van der Waals surface area contributed by atoms with Crippen LogP contribution >= 0.6 is 15.9 Å². The number of aromatic nitrogens is 2. The van der Waals surface area contributed by atoms with Crippen molar-refractivity contribution >= 4 is 39.1 Å². The van der Waals surface area contributed by atoms with Gasteiger partial charge in [0, 0.05) is 36.1 Å². The van der Waals surface area contributed by atoms with Gasteiger partial charge in [0.25, 0.3) is 0 Å². The SMILES string of the molecule is Cc1ccc(N(C)c2nc(N(C)c3ccc(Br)cc3)ncc2C(F)(F)F)cc1. The number of aryl methyl sites for hydroxylation is 1. The molecule has 1 aromatic heterocycles. The summed E-state index contributed by atoms with van der Waals surface area (Å²) in [5.41, 5.74) is 1.49. The van der Waals surface area contributed by atoms with E-state index in [1.807, 2.05) is 43.3 Å². The molecular formula is C20H18BrF3N4. The highest BCUT2D eigenvalue weighted by atomic mass is 79.9. The van der Waals surface area contributed by atoms with Gasteiger partial charge in [-0.3, -0.25) is 0 Å². The van der Waals surface area contributed by atoms with Crippen molar-refractivity contribution < 1.29 is 13.2 Å². The van der Waals surface area contributed by atoms with Crippen LogP contribution in [0.4, 0.5) is 36.3 Å². The van der Waals surface area contributed by atoms with E-state index in [0.717, 1.165) is 21.9 Å². The molecule has 0 unspecified atom stereocenters. The van der Waals surface area contributed by atoms with E-state index in [2.05, 4.69) is 25.9 Å². The van der Waals surface area contributed by atoms with Crippen LogP contribution in [0, 0.1) is 6.92 Å². The molecule has 0 amide bonds. The highest BCUT2D eigenvalue weighted by Crippen LogP contribution is 2.38. The Morgan fingerprint density at radius 3 is 1.96 bits per heavy atom. The molecule has 1 heterocycles. The number of benzene rings is 2. The van der Waals surface area contributed by atoms with Crippen molar-refractivity contribution in [3.05, 3.63) is 70.3 Å². The van der Waals surface area contributed by atoms with Gasteiger partial charge in [0.15, 0.2) is 5.82 Å². The van der Waals surface area contributed by atoms with Gasteiger partial charge < -0.3 is 9.80 Å². The summed E-state index contributed by atoms with van der Waals surface area (Å²) in [4.78, 5) is 11.3. The van der Waals surface area contributed by atoms with Gasteiger partial charge in [-0.25, -0.2) is 4.98 Å². The van der Waals surface area contributed by atoms with E-state index < -0.39 is 11.7 Å². The molecule has 146 valence electrons. The third-order valence-electron chi connectivity index (χ3n) is 4.31. The molecule has 8 heteroatoms.